The Morgan fingerprint density at radius 3 is 2.53 bits per heavy atom. The minimum absolute atomic E-state index is 0.0701. The first-order valence-electron chi connectivity index (χ1n) is 16.3. The van der Waals surface area contributed by atoms with Gasteiger partial charge in [0, 0.05) is 82.0 Å². The van der Waals surface area contributed by atoms with Crippen molar-refractivity contribution in [2.24, 2.45) is 7.05 Å². The lowest BCUT2D eigenvalue weighted by molar-refractivity contribution is -0.124. The van der Waals surface area contributed by atoms with E-state index in [4.69, 9.17) is 22.1 Å². The Kier molecular flexibility index (Phi) is 12.0. The average Bonchev–Trinajstić information content (AvgIpc) is 3.24. The summed E-state index contributed by atoms with van der Waals surface area (Å²) in [6.07, 6.45) is -1.03. The highest BCUT2D eigenvalue weighted by Gasteiger charge is 2.29. The summed E-state index contributed by atoms with van der Waals surface area (Å²) < 4.78 is 58.9. The molecular weight excluding hydrogens is 720 g/mol. The van der Waals surface area contributed by atoms with Gasteiger partial charge in [-0.25, -0.2) is 14.4 Å². The van der Waals surface area contributed by atoms with E-state index in [-0.39, 0.29) is 16.5 Å². The molecule has 1 saturated heterocycles. The molecule has 4 heterocycles. The number of ether oxygens (including phenoxy) is 1. The number of anilines is 2. The number of carbonyl (C=O) groups excluding carboxylic acids is 3. The molecule has 0 aliphatic carbocycles. The minimum Gasteiger partial charge on any atom is -0.383 e. The first kappa shape index (κ1) is 38.7. The summed E-state index contributed by atoms with van der Waals surface area (Å²) in [5.41, 5.74) is 8.96. The number of carbonyl (C=O) groups is 3. The van der Waals surface area contributed by atoms with Gasteiger partial charge in [0.1, 0.15) is 18.1 Å². The molecule has 0 unspecified atom stereocenters. The molecule has 0 spiro atoms. The van der Waals surface area contributed by atoms with E-state index in [0.717, 1.165) is 19.5 Å². The van der Waals surface area contributed by atoms with Crippen LogP contribution in [0.1, 0.15) is 22.5 Å². The number of rotatable bonds is 9. The van der Waals surface area contributed by atoms with Crippen LogP contribution in [0.3, 0.4) is 0 Å². The Labute approximate surface area is 306 Å². The molecule has 12 nitrogen and oxygen atoms in total. The summed E-state index contributed by atoms with van der Waals surface area (Å²) in [5, 5.41) is 4.29. The Morgan fingerprint density at radius 2 is 1.85 bits per heavy atom. The number of hydrogen-bond acceptors (Lipinski definition) is 8. The van der Waals surface area contributed by atoms with Gasteiger partial charge < -0.3 is 30.6 Å². The number of nitrogens with zero attached hydrogens (tertiary/aromatic N) is 5. The van der Waals surface area contributed by atoms with Crippen molar-refractivity contribution in [1.82, 2.24) is 29.7 Å². The standard InChI is InChI=1S/C36H35ClF4N8O4/c1-21(38)34(51)46-25-8-5-22(6-9-25)31-28(24-17-26(37)30(43-19-24)35(52)45-20-36(39,40)41)29-32(48(31)3)23(18-44-33(29)42)7-10-27(50)47(2)12-13-49-11-4-15-53-16-14-49/h5-6,8-9,17-19H,1,4,11-16,20H2,2-3H3,(H2,42,44)(H,45,52)(H,46,51). The SMILES string of the molecule is C=C(F)C(=O)Nc1ccc(-c2c(-c3cnc(C(=O)NCC(F)(F)F)c(Cl)c3)c3c(N)ncc(C#CC(=O)N(C)CCN4CCCOCC4)c3n2C)cc1. The van der Waals surface area contributed by atoms with Gasteiger partial charge in [-0.15, -0.1) is 0 Å². The van der Waals surface area contributed by atoms with Crippen LogP contribution in [0.2, 0.25) is 5.02 Å². The molecule has 5 rings (SSSR count). The van der Waals surface area contributed by atoms with Crippen LogP contribution in [0.5, 0.6) is 0 Å². The predicted octanol–water partition coefficient (Wildman–Crippen LogP) is 4.78. The Morgan fingerprint density at radius 1 is 1.11 bits per heavy atom. The maximum Gasteiger partial charge on any atom is 0.405 e. The number of benzene rings is 1. The van der Waals surface area contributed by atoms with Gasteiger partial charge in [-0.2, -0.15) is 13.2 Å². The fourth-order valence-electron chi connectivity index (χ4n) is 5.77. The highest BCUT2D eigenvalue weighted by molar-refractivity contribution is 6.34. The molecule has 1 fully saturated rings. The number of aromatic nitrogens is 3. The largest absolute Gasteiger partial charge is 0.405 e. The number of aryl methyl sites for hydroxylation is 1. The van der Waals surface area contributed by atoms with Gasteiger partial charge in [-0.1, -0.05) is 36.2 Å². The quantitative estimate of drug-likeness (QED) is 0.126. The average molecular weight is 755 g/mol. The number of nitrogens with two attached hydrogens (primary N) is 1. The number of nitrogens with one attached hydrogen (secondary N) is 2. The lowest BCUT2D eigenvalue weighted by atomic mass is 9.98. The van der Waals surface area contributed by atoms with Crippen LogP contribution >= 0.6 is 11.6 Å². The van der Waals surface area contributed by atoms with E-state index in [1.165, 1.54) is 35.5 Å². The maximum atomic E-state index is 13.3. The van der Waals surface area contributed by atoms with E-state index in [1.54, 1.807) is 36.1 Å². The summed E-state index contributed by atoms with van der Waals surface area (Å²) in [6, 6.07) is 7.72. The van der Waals surface area contributed by atoms with Crippen molar-refractivity contribution in [2.75, 3.05) is 64.0 Å². The van der Waals surface area contributed by atoms with Crippen LogP contribution in [0, 0.1) is 11.8 Å². The molecule has 17 heteroatoms. The second-order valence-electron chi connectivity index (χ2n) is 12.1. The lowest BCUT2D eigenvalue weighted by Crippen LogP contribution is -2.37. The van der Waals surface area contributed by atoms with Crippen LogP contribution in [0.15, 0.2) is 55.1 Å². The molecule has 0 saturated carbocycles. The summed E-state index contributed by atoms with van der Waals surface area (Å²) in [5.74, 6) is 1.98. The van der Waals surface area contributed by atoms with Crippen LogP contribution < -0.4 is 16.4 Å². The molecule has 0 radical (unpaired) electrons. The zero-order valence-corrected chi connectivity index (χ0v) is 29.5. The van der Waals surface area contributed by atoms with Crippen molar-refractivity contribution in [3.05, 3.63) is 71.4 Å². The third-order valence-corrected chi connectivity index (χ3v) is 8.70. The van der Waals surface area contributed by atoms with Crippen LogP contribution in [-0.4, -0.2) is 101 Å². The molecule has 4 aromatic rings. The fraction of sp³-hybridized carbons (Fsp3) is 0.306. The number of likely N-dealkylation sites (N-methyl/N-ethyl adjacent to an activating group) is 1. The van der Waals surface area contributed by atoms with Crippen molar-refractivity contribution < 1.29 is 36.7 Å². The number of alkyl halides is 3. The van der Waals surface area contributed by atoms with Gasteiger partial charge in [0.2, 0.25) is 0 Å². The summed E-state index contributed by atoms with van der Waals surface area (Å²) in [4.78, 5) is 49.7. The van der Waals surface area contributed by atoms with Crippen molar-refractivity contribution >= 4 is 51.7 Å². The minimum atomic E-state index is -4.65. The molecule has 53 heavy (non-hydrogen) atoms. The fourth-order valence-corrected chi connectivity index (χ4v) is 6.02. The summed E-state index contributed by atoms with van der Waals surface area (Å²) in [7, 11) is 3.39. The van der Waals surface area contributed by atoms with E-state index in [0.29, 0.717) is 65.2 Å². The highest BCUT2D eigenvalue weighted by atomic mass is 35.5. The topological polar surface area (TPSA) is 148 Å². The van der Waals surface area contributed by atoms with Crippen LogP contribution in [0.4, 0.5) is 29.1 Å². The molecule has 0 bridgehead atoms. The third kappa shape index (κ3) is 9.30. The monoisotopic (exact) mass is 754 g/mol. The Balaban J connectivity index is 1.57. The number of nitrogen functional groups attached to an aromatic ring is 1. The molecule has 3 amide bonds. The van der Waals surface area contributed by atoms with Crippen LogP contribution in [-0.2, 0) is 21.4 Å². The van der Waals surface area contributed by atoms with Crippen molar-refractivity contribution in [3.63, 3.8) is 0 Å². The number of hydrogen-bond donors (Lipinski definition) is 3. The summed E-state index contributed by atoms with van der Waals surface area (Å²) in [6.45, 7) is 5.53. The van der Waals surface area contributed by atoms with Gasteiger partial charge in [-0.05, 0) is 30.2 Å². The Bertz CT molecular complexity index is 2120. The summed E-state index contributed by atoms with van der Waals surface area (Å²) >= 11 is 6.43. The molecule has 4 N–H and O–H groups in total. The molecular formula is C36H35ClF4N8O4. The second-order valence-corrected chi connectivity index (χ2v) is 12.5. The van der Waals surface area contributed by atoms with E-state index < -0.39 is 42.0 Å². The van der Waals surface area contributed by atoms with Crippen molar-refractivity contribution in [2.45, 2.75) is 12.6 Å². The molecule has 3 aromatic heterocycles. The highest BCUT2D eigenvalue weighted by Crippen LogP contribution is 2.44. The first-order valence-corrected chi connectivity index (χ1v) is 16.6. The van der Waals surface area contributed by atoms with E-state index in [1.807, 2.05) is 0 Å². The number of pyridine rings is 2. The van der Waals surface area contributed by atoms with Crippen molar-refractivity contribution in [1.29, 1.82) is 0 Å². The normalized spacial score (nSPS) is 13.5. The molecule has 1 aliphatic heterocycles. The van der Waals surface area contributed by atoms with Crippen molar-refractivity contribution in [3.8, 4) is 34.2 Å². The third-order valence-electron chi connectivity index (χ3n) is 8.41. The number of amides is 3. The predicted molar refractivity (Wildman–Crippen MR) is 192 cm³/mol. The Hall–Kier alpha value is -5.50. The number of halogens is 5. The van der Waals surface area contributed by atoms with E-state index in [2.05, 4.69) is 38.6 Å². The zero-order chi connectivity index (χ0) is 38.4. The van der Waals surface area contributed by atoms with E-state index in [9.17, 15) is 31.9 Å². The lowest BCUT2D eigenvalue weighted by Gasteiger charge is -2.22. The van der Waals surface area contributed by atoms with Gasteiger partial charge in [0.15, 0.2) is 5.83 Å². The van der Waals surface area contributed by atoms with Gasteiger partial charge in [0.25, 0.3) is 17.7 Å². The van der Waals surface area contributed by atoms with Gasteiger partial charge in [-0.3, -0.25) is 19.3 Å². The second kappa shape index (κ2) is 16.4. The first-order chi connectivity index (χ1) is 25.1. The molecule has 1 aromatic carbocycles. The molecule has 278 valence electrons. The smallest absolute Gasteiger partial charge is 0.383 e. The zero-order valence-electron chi connectivity index (χ0n) is 28.7. The van der Waals surface area contributed by atoms with Crippen LogP contribution in [0.25, 0.3) is 33.3 Å². The molecule has 0 atom stereocenters. The van der Waals surface area contributed by atoms with E-state index >= 15 is 0 Å². The van der Waals surface area contributed by atoms with Gasteiger partial charge >= 0.3 is 6.18 Å². The maximum absolute atomic E-state index is 13.3. The number of fused-ring (bicyclic) bond motifs is 1. The molecule has 1 aliphatic rings. The van der Waals surface area contributed by atoms with Gasteiger partial charge in [0.05, 0.1) is 33.8 Å².